The number of ether oxygens (including phenoxy) is 2. The maximum atomic E-state index is 14.0. The Labute approximate surface area is 225 Å². The number of halogens is 2. The van der Waals surface area contributed by atoms with E-state index in [4.69, 9.17) is 9.47 Å². The van der Waals surface area contributed by atoms with Crippen LogP contribution in [0.15, 0.2) is 65.6 Å². The first-order valence-electron chi connectivity index (χ1n) is 11.0. The largest absolute Gasteiger partial charge is 0.490 e. The second kappa shape index (κ2) is 11.6. The normalized spacial score (nSPS) is 14.3. The Morgan fingerprint density at radius 2 is 1.81 bits per heavy atom. The van der Waals surface area contributed by atoms with Crippen LogP contribution in [0.5, 0.6) is 11.5 Å². The summed E-state index contributed by atoms with van der Waals surface area (Å²) >= 11 is 2.95. The third-order valence-electron chi connectivity index (χ3n) is 5.30. The van der Waals surface area contributed by atoms with Crippen molar-refractivity contribution < 1.29 is 23.5 Å². The third-order valence-corrected chi connectivity index (χ3v) is 7.01. The molecule has 0 saturated carbocycles. The van der Waals surface area contributed by atoms with Crippen molar-refractivity contribution >= 4 is 51.6 Å². The van der Waals surface area contributed by atoms with Crippen molar-refractivity contribution in [3.63, 3.8) is 0 Å². The second-order valence-corrected chi connectivity index (χ2v) is 9.84. The molecule has 36 heavy (non-hydrogen) atoms. The molecule has 1 aliphatic rings. The van der Waals surface area contributed by atoms with Gasteiger partial charge in [0, 0.05) is 5.56 Å². The minimum absolute atomic E-state index is 0.0241. The molecule has 0 spiro atoms. The van der Waals surface area contributed by atoms with E-state index in [2.05, 4.69) is 28.7 Å². The monoisotopic (exact) mass is 614 g/mol. The summed E-state index contributed by atoms with van der Waals surface area (Å²) in [5.41, 5.74) is 2.10. The molecular weight excluding hydrogens is 594 g/mol. The number of imide groups is 1. The highest BCUT2D eigenvalue weighted by molar-refractivity contribution is 14.1. The van der Waals surface area contributed by atoms with Gasteiger partial charge in [0.25, 0.3) is 11.1 Å². The fraction of sp³-hybridized carbons (Fsp3) is 0.148. The van der Waals surface area contributed by atoms with Crippen molar-refractivity contribution in [2.75, 3.05) is 6.61 Å². The zero-order chi connectivity index (χ0) is 25.7. The van der Waals surface area contributed by atoms with Gasteiger partial charge in [0.15, 0.2) is 11.5 Å². The van der Waals surface area contributed by atoms with Crippen LogP contribution in [-0.4, -0.2) is 22.7 Å². The van der Waals surface area contributed by atoms with Gasteiger partial charge in [0.1, 0.15) is 12.4 Å². The highest BCUT2D eigenvalue weighted by Crippen LogP contribution is 2.38. The van der Waals surface area contributed by atoms with Crippen LogP contribution >= 0.6 is 34.4 Å². The Morgan fingerprint density at radius 3 is 2.53 bits per heavy atom. The zero-order valence-electron chi connectivity index (χ0n) is 19.2. The predicted octanol–water partition coefficient (Wildman–Crippen LogP) is 6.52. The summed E-state index contributed by atoms with van der Waals surface area (Å²) in [5, 5.41) is 8.91. The van der Waals surface area contributed by atoms with Crippen LogP contribution in [0, 0.1) is 20.7 Å². The molecule has 0 aliphatic carbocycles. The lowest BCUT2D eigenvalue weighted by molar-refractivity contribution is -0.123. The maximum absolute atomic E-state index is 14.0. The van der Waals surface area contributed by atoms with Crippen molar-refractivity contribution in [1.82, 2.24) is 4.90 Å². The SMILES string of the molecule is CCOc1cc(/C=C2/SC(=O)N(Cc3ccccc3C#N)C2=O)cc(I)c1OCc1ccccc1F. The van der Waals surface area contributed by atoms with Gasteiger partial charge in [-0.05, 0) is 82.7 Å². The molecule has 6 nitrogen and oxygen atoms in total. The minimum atomic E-state index is -0.425. The minimum Gasteiger partial charge on any atom is -0.490 e. The first-order valence-corrected chi connectivity index (χ1v) is 12.9. The van der Waals surface area contributed by atoms with Crippen molar-refractivity contribution in [3.8, 4) is 17.6 Å². The molecule has 0 atom stereocenters. The molecule has 1 aliphatic heterocycles. The van der Waals surface area contributed by atoms with Gasteiger partial charge < -0.3 is 9.47 Å². The summed E-state index contributed by atoms with van der Waals surface area (Å²) in [6, 6.07) is 18.9. The van der Waals surface area contributed by atoms with Crippen LogP contribution in [0.25, 0.3) is 6.08 Å². The molecule has 0 unspecified atom stereocenters. The van der Waals surface area contributed by atoms with E-state index in [1.807, 2.05) is 6.92 Å². The lowest BCUT2D eigenvalue weighted by Gasteiger charge is -2.15. The van der Waals surface area contributed by atoms with Crippen LogP contribution in [0.3, 0.4) is 0 Å². The van der Waals surface area contributed by atoms with Gasteiger partial charge in [-0.15, -0.1) is 0 Å². The van der Waals surface area contributed by atoms with Gasteiger partial charge in [0.2, 0.25) is 0 Å². The second-order valence-electron chi connectivity index (χ2n) is 7.68. The van der Waals surface area contributed by atoms with E-state index in [1.165, 1.54) is 6.07 Å². The van der Waals surface area contributed by atoms with Crippen LogP contribution in [0.4, 0.5) is 9.18 Å². The van der Waals surface area contributed by atoms with E-state index in [0.717, 1.165) is 16.7 Å². The fourth-order valence-electron chi connectivity index (χ4n) is 3.56. The molecule has 0 aromatic heterocycles. The summed E-state index contributed by atoms with van der Waals surface area (Å²) in [5.74, 6) is 0.147. The van der Waals surface area contributed by atoms with Crippen LogP contribution in [0.1, 0.15) is 29.2 Å². The Morgan fingerprint density at radius 1 is 1.08 bits per heavy atom. The molecule has 0 bridgehead atoms. The molecular formula is C27H20FIN2O4S. The smallest absolute Gasteiger partial charge is 0.293 e. The molecule has 182 valence electrons. The number of nitrogens with zero attached hydrogens (tertiary/aromatic N) is 2. The zero-order valence-corrected chi connectivity index (χ0v) is 22.1. The first-order chi connectivity index (χ1) is 17.4. The number of thioether (sulfide) groups is 1. The van der Waals surface area contributed by atoms with Gasteiger partial charge in [-0.3, -0.25) is 14.5 Å². The van der Waals surface area contributed by atoms with E-state index in [0.29, 0.717) is 43.9 Å². The number of rotatable bonds is 8. The number of benzene rings is 3. The quantitative estimate of drug-likeness (QED) is 0.213. The average molecular weight is 614 g/mol. The van der Waals surface area contributed by atoms with Crippen LogP contribution in [0.2, 0.25) is 0 Å². The lowest BCUT2D eigenvalue weighted by Crippen LogP contribution is -2.27. The molecule has 0 radical (unpaired) electrons. The Hall–Kier alpha value is -3.36. The van der Waals surface area contributed by atoms with E-state index in [-0.39, 0.29) is 23.9 Å². The molecule has 0 N–H and O–H groups in total. The fourth-order valence-corrected chi connectivity index (χ4v) is 5.18. The summed E-state index contributed by atoms with van der Waals surface area (Å²) in [4.78, 5) is 27.0. The topological polar surface area (TPSA) is 79.6 Å². The predicted molar refractivity (Wildman–Crippen MR) is 144 cm³/mol. The molecule has 4 rings (SSSR count). The summed E-state index contributed by atoms with van der Waals surface area (Å²) in [6.45, 7) is 2.27. The highest BCUT2D eigenvalue weighted by Gasteiger charge is 2.35. The molecule has 1 fully saturated rings. The van der Waals surface area contributed by atoms with E-state index >= 15 is 0 Å². The third kappa shape index (κ3) is 5.71. The van der Waals surface area contributed by atoms with Gasteiger partial charge in [-0.25, -0.2) is 4.39 Å². The molecule has 2 amide bonds. The Balaban J connectivity index is 1.57. The summed E-state index contributed by atoms with van der Waals surface area (Å²) < 4.78 is 26.4. The van der Waals surface area contributed by atoms with Gasteiger partial charge in [-0.2, -0.15) is 5.26 Å². The lowest BCUT2D eigenvalue weighted by atomic mass is 10.1. The Kier molecular flexibility index (Phi) is 8.28. The number of nitriles is 1. The van der Waals surface area contributed by atoms with Crippen molar-refractivity contribution in [2.24, 2.45) is 0 Å². The number of carbonyl (C=O) groups is 2. The van der Waals surface area contributed by atoms with Gasteiger partial charge in [0.05, 0.1) is 33.3 Å². The number of carbonyl (C=O) groups excluding carboxylic acids is 2. The van der Waals surface area contributed by atoms with Crippen molar-refractivity contribution in [2.45, 2.75) is 20.1 Å². The highest BCUT2D eigenvalue weighted by atomic mass is 127. The number of amides is 2. The first kappa shape index (κ1) is 25.7. The van der Waals surface area contributed by atoms with Crippen LogP contribution < -0.4 is 9.47 Å². The number of hydrogen-bond donors (Lipinski definition) is 0. The Bertz CT molecular complexity index is 1400. The maximum Gasteiger partial charge on any atom is 0.293 e. The average Bonchev–Trinajstić information content (AvgIpc) is 3.12. The van der Waals surface area contributed by atoms with Gasteiger partial charge in [-0.1, -0.05) is 36.4 Å². The van der Waals surface area contributed by atoms with E-state index in [1.54, 1.807) is 60.7 Å². The van der Waals surface area contributed by atoms with Crippen molar-refractivity contribution in [3.05, 3.63) is 97.2 Å². The van der Waals surface area contributed by atoms with E-state index < -0.39 is 11.1 Å². The van der Waals surface area contributed by atoms with Gasteiger partial charge >= 0.3 is 0 Å². The summed E-state index contributed by atoms with van der Waals surface area (Å²) in [7, 11) is 0. The molecule has 1 heterocycles. The van der Waals surface area contributed by atoms with Crippen molar-refractivity contribution in [1.29, 1.82) is 5.26 Å². The van der Waals surface area contributed by atoms with E-state index in [9.17, 15) is 19.2 Å². The van der Waals surface area contributed by atoms with Crippen LogP contribution in [-0.2, 0) is 17.9 Å². The molecule has 3 aromatic carbocycles. The number of hydrogen-bond acceptors (Lipinski definition) is 6. The standard InChI is InChI=1S/C27H20FIN2O4S/c1-2-34-23-12-17(11-22(29)25(23)35-16-20-9-5-6-10-21(20)28)13-24-26(32)31(27(33)36-24)15-19-8-4-3-7-18(19)14-30/h3-13H,2,15-16H2,1H3/b24-13+. The summed E-state index contributed by atoms with van der Waals surface area (Å²) in [6.07, 6.45) is 1.63. The molecule has 3 aromatic rings. The molecule has 1 saturated heterocycles. The molecule has 9 heteroatoms.